The monoisotopic (exact) mass is 388 g/mol. The van der Waals surface area contributed by atoms with Crippen LogP contribution in [0, 0.1) is 6.92 Å². The summed E-state index contributed by atoms with van der Waals surface area (Å²) in [6.07, 6.45) is 1.48. The second kappa shape index (κ2) is 7.67. The highest BCUT2D eigenvalue weighted by Crippen LogP contribution is 2.29. The number of rotatable bonds is 7. The van der Waals surface area contributed by atoms with Gasteiger partial charge in [-0.05, 0) is 24.6 Å². The van der Waals surface area contributed by atoms with E-state index in [0.717, 1.165) is 11.1 Å². The van der Waals surface area contributed by atoms with Gasteiger partial charge in [0, 0.05) is 6.07 Å². The third kappa shape index (κ3) is 4.37. The molecule has 0 radical (unpaired) electrons. The predicted molar refractivity (Wildman–Crippen MR) is 101 cm³/mol. The summed E-state index contributed by atoms with van der Waals surface area (Å²) in [6, 6.07) is 12.4. The van der Waals surface area contributed by atoms with Crippen LogP contribution in [-0.2, 0) is 16.6 Å². The van der Waals surface area contributed by atoms with Crippen molar-refractivity contribution in [2.45, 2.75) is 18.4 Å². The molecule has 1 aromatic heterocycles. The molecule has 3 aromatic rings. The van der Waals surface area contributed by atoms with Gasteiger partial charge >= 0.3 is 0 Å². The molecule has 0 aliphatic carbocycles. The minimum absolute atomic E-state index is 0.0134. The SMILES string of the molecule is COc1ccc(S(=O)(=O)Nc2ncn(Cc3cccc(C)c3)n2)c(OC)c1. The minimum Gasteiger partial charge on any atom is -0.497 e. The van der Waals surface area contributed by atoms with Crippen molar-refractivity contribution in [1.29, 1.82) is 0 Å². The number of sulfonamides is 1. The van der Waals surface area contributed by atoms with Gasteiger partial charge in [-0.1, -0.05) is 29.8 Å². The number of hydrogen-bond acceptors (Lipinski definition) is 6. The zero-order chi connectivity index (χ0) is 19.4. The summed E-state index contributed by atoms with van der Waals surface area (Å²) in [6.45, 7) is 2.49. The summed E-state index contributed by atoms with van der Waals surface area (Å²) in [5.74, 6) is 0.646. The first-order chi connectivity index (χ1) is 12.9. The van der Waals surface area contributed by atoms with Gasteiger partial charge < -0.3 is 9.47 Å². The van der Waals surface area contributed by atoms with Gasteiger partial charge in [0.05, 0.1) is 20.8 Å². The maximum atomic E-state index is 12.7. The molecule has 0 unspecified atom stereocenters. The number of nitrogens with one attached hydrogen (secondary N) is 1. The first kappa shape index (κ1) is 18.7. The van der Waals surface area contributed by atoms with E-state index >= 15 is 0 Å². The summed E-state index contributed by atoms with van der Waals surface area (Å²) in [5.41, 5.74) is 2.19. The van der Waals surface area contributed by atoms with Gasteiger partial charge in [-0.15, -0.1) is 5.10 Å². The van der Waals surface area contributed by atoms with Crippen LogP contribution in [0.1, 0.15) is 11.1 Å². The van der Waals surface area contributed by atoms with Crippen LogP contribution in [0.2, 0.25) is 0 Å². The van der Waals surface area contributed by atoms with E-state index in [2.05, 4.69) is 14.8 Å². The number of benzene rings is 2. The van der Waals surface area contributed by atoms with Gasteiger partial charge in [-0.25, -0.2) is 17.8 Å². The number of aromatic nitrogens is 3. The number of aryl methyl sites for hydroxylation is 1. The van der Waals surface area contributed by atoms with E-state index in [1.54, 1.807) is 10.7 Å². The van der Waals surface area contributed by atoms with Crippen molar-refractivity contribution in [3.63, 3.8) is 0 Å². The Balaban J connectivity index is 1.80. The Kier molecular flexibility index (Phi) is 5.31. The Hall–Kier alpha value is -3.07. The molecule has 0 bridgehead atoms. The molecule has 0 aliphatic heterocycles. The molecule has 0 atom stereocenters. The normalized spacial score (nSPS) is 11.2. The molecular formula is C18H20N4O4S. The van der Waals surface area contributed by atoms with E-state index in [0.29, 0.717) is 12.3 Å². The van der Waals surface area contributed by atoms with Crippen molar-refractivity contribution in [2.24, 2.45) is 0 Å². The lowest BCUT2D eigenvalue weighted by atomic mass is 10.1. The van der Waals surface area contributed by atoms with Crippen molar-refractivity contribution < 1.29 is 17.9 Å². The van der Waals surface area contributed by atoms with Crippen LogP contribution in [-0.4, -0.2) is 37.4 Å². The number of methoxy groups -OCH3 is 2. The Morgan fingerprint density at radius 1 is 1.11 bits per heavy atom. The summed E-state index contributed by atoms with van der Waals surface area (Å²) in [7, 11) is -1.03. The first-order valence-electron chi connectivity index (χ1n) is 8.11. The molecule has 1 heterocycles. The quantitative estimate of drug-likeness (QED) is 0.668. The zero-order valence-electron chi connectivity index (χ0n) is 15.2. The third-order valence-electron chi connectivity index (χ3n) is 3.85. The van der Waals surface area contributed by atoms with Crippen molar-refractivity contribution >= 4 is 16.0 Å². The topological polar surface area (TPSA) is 95.3 Å². The maximum Gasteiger partial charge on any atom is 0.267 e. The molecule has 0 fully saturated rings. The fraction of sp³-hybridized carbons (Fsp3) is 0.222. The molecule has 0 amide bonds. The van der Waals surface area contributed by atoms with Crippen LogP contribution in [0.3, 0.4) is 0 Å². The molecule has 1 N–H and O–H groups in total. The molecule has 0 saturated carbocycles. The van der Waals surface area contributed by atoms with Crippen LogP contribution in [0.25, 0.3) is 0 Å². The van der Waals surface area contributed by atoms with Gasteiger partial charge in [-0.3, -0.25) is 0 Å². The van der Waals surface area contributed by atoms with Crippen LogP contribution in [0.15, 0.2) is 53.7 Å². The smallest absolute Gasteiger partial charge is 0.267 e. The highest BCUT2D eigenvalue weighted by atomic mass is 32.2. The summed E-state index contributed by atoms with van der Waals surface area (Å²) in [4.78, 5) is 4.00. The Morgan fingerprint density at radius 3 is 2.63 bits per heavy atom. The Labute approximate surface area is 157 Å². The van der Waals surface area contributed by atoms with Gasteiger partial charge in [0.15, 0.2) is 0 Å². The average molecular weight is 388 g/mol. The van der Waals surface area contributed by atoms with E-state index in [-0.39, 0.29) is 16.6 Å². The lowest BCUT2D eigenvalue weighted by Crippen LogP contribution is -2.15. The lowest BCUT2D eigenvalue weighted by molar-refractivity contribution is 0.386. The Bertz CT molecular complexity index is 1050. The molecule has 9 heteroatoms. The second-order valence-electron chi connectivity index (χ2n) is 5.88. The van der Waals surface area contributed by atoms with Crippen molar-refractivity contribution in [3.05, 3.63) is 59.9 Å². The Morgan fingerprint density at radius 2 is 1.93 bits per heavy atom. The molecule has 2 aromatic carbocycles. The van der Waals surface area contributed by atoms with Crippen molar-refractivity contribution in [3.8, 4) is 11.5 Å². The molecule has 8 nitrogen and oxygen atoms in total. The number of nitrogens with zero attached hydrogens (tertiary/aromatic N) is 3. The summed E-state index contributed by atoms with van der Waals surface area (Å²) >= 11 is 0. The first-order valence-corrected chi connectivity index (χ1v) is 9.59. The molecular weight excluding hydrogens is 368 g/mol. The van der Waals surface area contributed by atoms with Gasteiger partial charge in [-0.2, -0.15) is 4.98 Å². The number of hydrogen-bond donors (Lipinski definition) is 1. The fourth-order valence-corrected chi connectivity index (χ4v) is 3.69. The van der Waals surface area contributed by atoms with Gasteiger partial charge in [0.2, 0.25) is 0 Å². The van der Waals surface area contributed by atoms with E-state index in [9.17, 15) is 8.42 Å². The van der Waals surface area contributed by atoms with E-state index in [1.165, 1.54) is 32.7 Å². The molecule has 3 rings (SSSR count). The second-order valence-corrected chi connectivity index (χ2v) is 7.53. The predicted octanol–water partition coefficient (Wildman–Crippen LogP) is 2.45. The third-order valence-corrected chi connectivity index (χ3v) is 5.22. The largest absolute Gasteiger partial charge is 0.497 e. The maximum absolute atomic E-state index is 12.7. The molecule has 0 saturated heterocycles. The van der Waals surface area contributed by atoms with E-state index < -0.39 is 10.0 Å². The van der Waals surface area contributed by atoms with Crippen LogP contribution in [0.4, 0.5) is 5.95 Å². The zero-order valence-corrected chi connectivity index (χ0v) is 16.0. The molecule has 0 aliphatic rings. The molecule has 0 spiro atoms. The van der Waals surface area contributed by atoms with Crippen LogP contribution < -0.4 is 14.2 Å². The van der Waals surface area contributed by atoms with Gasteiger partial charge in [0.1, 0.15) is 22.7 Å². The molecule has 27 heavy (non-hydrogen) atoms. The summed E-state index contributed by atoms with van der Waals surface area (Å²) < 4.78 is 39.5. The summed E-state index contributed by atoms with van der Waals surface area (Å²) in [5, 5.41) is 4.18. The minimum atomic E-state index is -3.92. The van der Waals surface area contributed by atoms with Gasteiger partial charge in [0.25, 0.3) is 16.0 Å². The van der Waals surface area contributed by atoms with E-state index in [1.807, 2.05) is 31.2 Å². The fourth-order valence-electron chi connectivity index (χ4n) is 2.59. The average Bonchev–Trinajstić information content (AvgIpc) is 3.07. The highest BCUT2D eigenvalue weighted by Gasteiger charge is 2.22. The van der Waals surface area contributed by atoms with E-state index in [4.69, 9.17) is 9.47 Å². The van der Waals surface area contributed by atoms with Crippen molar-refractivity contribution in [2.75, 3.05) is 18.9 Å². The standard InChI is InChI=1S/C18H20N4O4S/c1-13-5-4-6-14(9-13)11-22-12-19-18(20-22)21-27(23,24)17-8-7-15(25-2)10-16(17)26-3/h4-10,12H,11H2,1-3H3,(H,20,21). The van der Waals surface area contributed by atoms with Crippen molar-refractivity contribution in [1.82, 2.24) is 14.8 Å². The highest BCUT2D eigenvalue weighted by molar-refractivity contribution is 7.92. The lowest BCUT2D eigenvalue weighted by Gasteiger charge is -2.11. The number of ether oxygens (including phenoxy) is 2. The van der Waals surface area contributed by atoms with Crippen LogP contribution in [0.5, 0.6) is 11.5 Å². The van der Waals surface area contributed by atoms with Crippen LogP contribution >= 0.6 is 0 Å². The molecule has 142 valence electrons. The number of anilines is 1.